The zero-order valence-electron chi connectivity index (χ0n) is 11.4. The van der Waals surface area contributed by atoms with E-state index in [2.05, 4.69) is 0 Å². The Kier molecular flexibility index (Phi) is 3.58. The zero-order chi connectivity index (χ0) is 14.0. The van der Waals surface area contributed by atoms with Gasteiger partial charge in [-0.15, -0.1) is 0 Å². The van der Waals surface area contributed by atoms with Gasteiger partial charge in [-0.3, -0.25) is 0 Å². The Balaban J connectivity index is 2.53. The number of ether oxygens (including phenoxy) is 1. The van der Waals surface area contributed by atoms with Crippen LogP contribution in [0.4, 0.5) is 4.39 Å². The average Bonchev–Trinajstić information content (AvgIpc) is 2.39. The average molecular weight is 259 g/mol. The van der Waals surface area contributed by atoms with Crippen LogP contribution < -0.4 is 10.5 Å². The molecule has 2 aromatic carbocycles. The first kappa shape index (κ1) is 13.6. The standard InChI is InChI=1S/C16H18FNO/c1-11-7-9-12(10-8-11)16(2,18)13-5-4-6-14(19-3)15(13)17/h4-10H,18H2,1-3H3. The van der Waals surface area contributed by atoms with Crippen molar-refractivity contribution >= 4 is 0 Å². The Bertz CT molecular complexity index is 576. The van der Waals surface area contributed by atoms with E-state index in [1.807, 2.05) is 31.2 Å². The summed E-state index contributed by atoms with van der Waals surface area (Å²) in [6.45, 7) is 3.80. The number of hydrogen-bond acceptors (Lipinski definition) is 2. The van der Waals surface area contributed by atoms with Crippen LogP contribution in [0.2, 0.25) is 0 Å². The second kappa shape index (κ2) is 5.02. The Morgan fingerprint density at radius 1 is 1.11 bits per heavy atom. The van der Waals surface area contributed by atoms with Gasteiger partial charge in [0.15, 0.2) is 11.6 Å². The van der Waals surface area contributed by atoms with Gasteiger partial charge < -0.3 is 10.5 Å². The summed E-state index contributed by atoms with van der Waals surface area (Å²) in [5, 5.41) is 0. The van der Waals surface area contributed by atoms with Crippen LogP contribution in [0, 0.1) is 12.7 Å². The van der Waals surface area contributed by atoms with Crippen LogP contribution in [0.5, 0.6) is 5.75 Å². The van der Waals surface area contributed by atoms with E-state index in [-0.39, 0.29) is 5.75 Å². The van der Waals surface area contributed by atoms with Gasteiger partial charge in [0.05, 0.1) is 12.6 Å². The lowest BCUT2D eigenvalue weighted by Crippen LogP contribution is -2.35. The van der Waals surface area contributed by atoms with Crippen molar-refractivity contribution in [3.8, 4) is 5.75 Å². The molecule has 0 aliphatic rings. The van der Waals surface area contributed by atoms with Crippen molar-refractivity contribution in [1.82, 2.24) is 0 Å². The van der Waals surface area contributed by atoms with Crippen LogP contribution in [0.15, 0.2) is 42.5 Å². The molecule has 2 N–H and O–H groups in total. The van der Waals surface area contributed by atoms with E-state index in [1.54, 1.807) is 25.1 Å². The van der Waals surface area contributed by atoms with Gasteiger partial charge in [0.1, 0.15) is 0 Å². The van der Waals surface area contributed by atoms with Gasteiger partial charge in [-0.2, -0.15) is 0 Å². The maximum Gasteiger partial charge on any atom is 0.170 e. The highest BCUT2D eigenvalue weighted by molar-refractivity contribution is 5.42. The van der Waals surface area contributed by atoms with Crippen molar-refractivity contribution in [2.75, 3.05) is 7.11 Å². The first-order chi connectivity index (χ1) is 8.96. The Morgan fingerprint density at radius 2 is 1.74 bits per heavy atom. The summed E-state index contributed by atoms with van der Waals surface area (Å²) in [5.74, 6) is -0.197. The highest BCUT2D eigenvalue weighted by Gasteiger charge is 2.28. The predicted molar refractivity (Wildman–Crippen MR) is 74.8 cm³/mol. The van der Waals surface area contributed by atoms with E-state index in [9.17, 15) is 4.39 Å². The van der Waals surface area contributed by atoms with Gasteiger partial charge in [0.25, 0.3) is 0 Å². The maximum atomic E-state index is 14.3. The number of rotatable bonds is 3. The smallest absolute Gasteiger partial charge is 0.170 e. The van der Waals surface area contributed by atoms with Gasteiger partial charge in [-0.1, -0.05) is 42.0 Å². The molecule has 3 heteroatoms. The minimum absolute atomic E-state index is 0.210. The van der Waals surface area contributed by atoms with Crippen LogP contribution in [0.25, 0.3) is 0 Å². The summed E-state index contributed by atoms with van der Waals surface area (Å²) in [4.78, 5) is 0. The van der Waals surface area contributed by atoms with E-state index in [0.717, 1.165) is 11.1 Å². The molecule has 0 saturated heterocycles. The summed E-state index contributed by atoms with van der Waals surface area (Å²) in [7, 11) is 1.45. The van der Waals surface area contributed by atoms with Gasteiger partial charge in [0.2, 0.25) is 0 Å². The molecule has 0 heterocycles. The summed E-state index contributed by atoms with van der Waals surface area (Å²) in [6.07, 6.45) is 0. The van der Waals surface area contributed by atoms with Crippen LogP contribution in [-0.2, 0) is 5.54 Å². The third-order valence-electron chi connectivity index (χ3n) is 3.39. The predicted octanol–water partition coefficient (Wildman–Crippen LogP) is 3.36. The molecule has 2 nitrogen and oxygen atoms in total. The molecular formula is C16H18FNO. The molecule has 0 radical (unpaired) electrons. The van der Waals surface area contributed by atoms with E-state index < -0.39 is 11.4 Å². The molecule has 0 fully saturated rings. The fourth-order valence-electron chi connectivity index (χ4n) is 2.12. The molecule has 2 rings (SSSR count). The van der Waals surface area contributed by atoms with Gasteiger partial charge in [-0.25, -0.2) is 4.39 Å². The highest BCUT2D eigenvalue weighted by atomic mass is 19.1. The quantitative estimate of drug-likeness (QED) is 0.917. The van der Waals surface area contributed by atoms with Crippen LogP contribution in [-0.4, -0.2) is 7.11 Å². The molecule has 0 aromatic heterocycles. The molecule has 0 aliphatic carbocycles. The molecule has 0 aliphatic heterocycles. The van der Waals surface area contributed by atoms with Gasteiger partial charge in [-0.05, 0) is 25.5 Å². The Labute approximate surface area is 113 Å². The first-order valence-corrected chi connectivity index (χ1v) is 6.16. The fraction of sp³-hybridized carbons (Fsp3) is 0.250. The third kappa shape index (κ3) is 2.47. The lowest BCUT2D eigenvalue weighted by molar-refractivity contribution is 0.379. The molecule has 100 valence electrons. The second-order valence-corrected chi connectivity index (χ2v) is 4.89. The minimum Gasteiger partial charge on any atom is -0.494 e. The number of halogens is 1. The fourth-order valence-corrected chi connectivity index (χ4v) is 2.12. The minimum atomic E-state index is -0.897. The van der Waals surface area contributed by atoms with Gasteiger partial charge in [0, 0.05) is 5.56 Å². The first-order valence-electron chi connectivity index (χ1n) is 6.16. The van der Waals surface area contributed by atoms with Crippen molar-refractivity contribution in [1.29, 1.82) is 0 Å². The van der Waals surface area contributed by atoms with Crippen LogP contribution in [0.3, 0.4) is 0 Å². The topological polar surface area (TPSA) is 35.2 Å². The SMILES string of the molecule is COc1cccc(C(C)(N)c2ccc(C)cc2)c1F. The van der Waals surface area contributed by atoms with E-state index >= 15 is 0 Å². The molecule has 0 amide bonds. The molecular weight excluding hydrogens is 241 g/mol. The number of aryl methyl sites for hydroxylation is 1. The molecule has 2 aromatic rings. The molecule has 1 unspecified atom stereocenters. The maximum absolute atomic E-state index is 14.3. The van der Waals surface area contributed by atoms with Crippen LogP contribution in [0.1, 0.15) is 23.6 Å². The lowest BCUT2D eigenvalue weighted by Gasteiger charge is -2.27. The van der Waals surface area contributed by atoms with Crippen LogP contribution >= 0.6 is 0 Å². The van der Waals surface area contributed by atoms with Crippen molar-refractivity contribution in [3.05, 3.63) is 65.0 Å². The molecule has 1 atom stereocenters. The van der Waals surface area contributed by atoms with E-state index in [4.69, 9.17) is 10.5 Å². The Morgan fingerprint density at radius 3 is 2.32 bits per heavy atom. The lowest BCUT2D eigenvalue weighted by atomic mass is 9.85. The van der Waals surface area contributed by atoms with Crippen molar-refractivity contribution in [2.24, 2.45) is 5.73 Å². The normalized spacial score (nSPS) is 13.9. The number of nitrogens with two attached hydrogens (primary N) is 1. The molecule has 0 spiro atoms. The Hall–Kier alpha value is -1.87. The summed E-state index contributed by atoms with van der Waals surface area (Å²) in [5.41, 5.74) is 7.88. The third-order valence-corrected chi connectivity index (χ3v) is 3.39. The highest BCUT2D eigenvalue weighted by Crippen LogP contribution is 2.32. The monoisotopic (exact) mass is 259 g/mol. The summed E-state index contributed by atoms with van der Waals surface area (Å²) < 4.78 is 19.3. The van der Waals surface area contributed by atoms with Gasteiger partial charge >= 0.3 is 0 Å². The van der Waals surface area contributed by atoms with Crippen molar-refractivity contribution in [2.45, 2.75) is 19.4 Å². The van der Waals surface area contributed by atoms with Crippen molar-refractivity contribution in [3.63, 3.8) is 0 Å². The molecule has 0 bridgehead atoms. The van der Waals surface area contributed by atoms with E-state index in [0.29, 0.717) is 5.56 Å². The number of methoxy groups -OCH3 is 1. The van der Waals surface area contributed by atoms with E-state index in [1.165, 1.54) is 7.11 Å². The molecule has 0 saturated carbocycles. The number of hydrogen-bond donors (Lipinski definition) is 1. The number of benzene rings is 2. The zero-order valence-corrected chi connectivity index (χ0v) is 11.4. The summed E-state index contributed by atoms with van der Waals surface area (Å²) >= 11 is 0. The summed E-state index contributed by atoms with van der Waals surface area (Å²) in [6, 6.07) is 12.8. The van der Waals surface area contributed by atoms with Crippen molar-refractivity contribution < 1.29 is 9.13 Å². The largest absolute Gasteiger partial charge is 0.494 e. The second-order valence-electron chi connectivity index (χ2n) is 4.89. The molecule has 19 heavy (non-hydrogen) atoms.